The Balaban J connectivity index is 1.88. The number of nitrogens with zero attached hydrogens (tertiary/aromatic N) is 1. The van der Waals surface area contributed by atoms with Crippen molar-refractivity contribution in [3.05, 3.63) is 83.6 Å². The average Bonchev–Trinajstić information content (AvgIpc) is 2.73. The second-order valence-corrected chi connectivity index (χ2v) is 7.63. The first-order valence-electron chi connectivity index (χ1n) is 10.8. The van der Waals surface area contributed by atoms with Crippen molar-refractivity contribution >= 4 is 5.97 Å². The Morgan fingerprint density at radius 3 is 1.93 bits per heavy atom. The predicted octanol–water partition coefficient (Wildman–Crippen LogP) is 6.50. The van der Waals surface area contributed by atoms with E-state index in [0.29, 0.717) is 0 Å². The van der Waals surface area contributed by atoms with Crippen LogP contribution in [0.3, 0.4) is 0 Å². The Morgan fingerprint density at radius 2 is 1.41 bits per heavy atom. The van der Waals surface area contributed by atoms with E-state index in [1.165, 1.54) is 23.6 Å². The van der Waals surface area contributed by atoms with Crippen LogP contribution >= 0.6 is 0 Å². The number of hydrogen-bond donors (Lipinski definition) is 0. The van der Waals surface area contributed by atoms with Crippen molar-refractivity contribution in [2.75, 3.05) is 6.54 Å². The van der Waals surface area contributed by atoms with E-state index in [9.17, 15) is 4.79 Å². The lowest BCUT2D eigenvalue weighted by atomic mass is 10.0. The summed E-state index contributed by atoms with van der Waals surface area (Å²) < 4.78 is 5.13. The molecular weight excluding hydrogens is 358 g/mol. The smallest absolute Gasteiger partial charge is 0.307 e. The van der Waals surface area contributed by atoms with Crippen LogP contribution in [0, 0.1) is 0 Å². The molecule has 0 unspecified atom stereocenters. The summed E-state index contributed by atoms with van der Waals surface area (Å²) in [5.41, 5.74) is 3.95. The van der Waals surface area contributed by atoms with Gasteiger partial charge in [0.2, 0.25) is 0 Å². The molecule has 0 spiro atoms. The Morgan fingerprint density at radius 1 is 0.862 bits per heavy atom. The Kier molecular flexibility index (Phi) is 10.8. The third-order valence-electron chi connectivity index (χ3n) is 4.96. The topological polar surface area (TPSA) is 29.5 Å². The van der Waals surface area contributed by atoms with Gasteiger partial charge in [0, 0.05) is 20.0 Å². The average molecular weight is 394 g/mol. The zero-order chi connectivity index (χ0) is 20.7. The molecule has 0 atom stereocenters. The zero-order valence-electron chi connectivity index (χ0n) is 18.0. The number of allylic oxidation sites excluding steroid dienone is 1. The minimum absolute atomic E-state index is 0.240. The SMILES string of the molecule is CCCC/C(=C/OC(C)=O)CCCCN(Cc1ccccc1)Cc1ccccc1. The maximum absolute atomic E-state index is 11.1. The van der Waals surface area contributed by atoms with E-state index >= 15 is 0 Å². The predicted molar refractivity (Wildman–Crippen MR) is 120 cm³/mol. The van der Waals surface area contributed by atoms with Crippen molar-refractivity contribution in [2.45, 2.75) is 65.5 Å². The molecule has 2 rings (SSSR count). The summed E-state index contributed by atoms with van der Waals surface area (Å²) in [6.07, 6.45) is 8.23. The first-order chi connectivity index (χ1) is 14.2. The first kappa shape index (κ1) is 22.9. The van der Waals surface area contributed by atoms with Crippen molar-refractivity contribution < 1.29 is 9.53 Å². The molecule has 2 aromatic carbocycles. The third-order valence-corrected chi connectivity index (χ3v) is 4.96. The van der Waals surface area contributed by atoms with E-state index in [-0.39, 0.29) is 5.97 Å². The number of hydrogen-bond acceptors (Lipinski definition) is 3. The van der Waals surface area contributed by atoms with Crippen LogP contribution in [0.25, 0.3) is 0 Å². The van der Waals surface area contributed by atoms with Gasteiger partial charge in [-0.1, -0.05) is 74.0 Å². The van der Waals surface area contributed by atoms with E-state index in [4.69, 9.17) is 4.74 Å². The fourth-order valence-corrected chi connectivity index (χ4v) is 3.40. The van der Waals surface area contributed by atoms with Crippen LogP contribution in [-0.4, -0.2) is 17.4 Å². The molecule has 0 aliphatic heterocycles. The van der Waals surface area contributed by atoms with E-state index in [1.807, 2.05) is 0 Å². The number of esters is 1. The zero-order valence-corrected chi connectivity index (χ0v) is 18.0. The fraction of sp³-hybridized carbons (Fsp3) is 0.423. The van der Waals surface area contributed by atoms with Gasteiger partial charge in [0.1, 0.15) is 0 Å². The molecular formula is C26H35NO2. The first-order valence-corrected chi connectivity index (χ1v) is 10.8. The summed E-state index contributed by atoms with van der Waals surface area (Å²) in [5, 5.41) is 0. The molecule has 3 heteroatoms. The molecule has 29 heavy (non-hydrogen) atoms. The van der Waals surface area contributed by atoms with Gasteiger partial charge in [0.25, 0.3) is 0 Å². The van der Waals surface area contributed by atoms with Crippen LogP contribution in [0.1, 0.15) is 63.5 Å². The van der Waals surface area contributed by atoms with Gasteiger partial charge in [-0.3, -0.25) is 9.69 Å². The van der Waals surface area contributed by atoms with Crippen molar-refractivity contribution in [3.63, 3.8) is 0 Å². The Labute approximate surface area is 176 Å². The van der Waals surface area contributed by atoms with Gasteiger partial charge in [0.15, 0.2) is 0 Å². The highest BCUT2D eigenvalue weighted by Crippen LogP contribution is 2.17. The number of benzene rings is 2. The van der Waals surface area contributed by atoms with Gasteiger partial charge < -0.3 is 4.74 Å². The minimum atomic E-state index is -0.240. The summed E-state index contributed by atoms with van der Waals surface area (Å²) in [4.78, 5) is 13.6. The molecule has 0 amide bonds. The summed E-state index contributed by atoms with van der Waals surface area (Å²) >= 11 is 0. The number of unbranched alkanes of at least 4 members (excludes halogenated alkanes) is 2. The van der Waals surface area contributed by atoms with E-state index in [1.54, 1.807) is 6.26 Å². The number of carbonyl (C=O) groups excluding carboxylic acids is 1. The molecule has 0 aliphatic rings. The summed E-state index contributed by atoms with van der Waals surface area (Å²) in [6.45, 7) is 6.62. The van der Waals surface area contributed by atoms with Gasteiger partial charge in [-0.05, 0) is 55.3 Å². The normalized spacial score (nSPS) is 11.6. The summed E-state index contributed by atoms with van der Waals surface area (Å²) in [5.74, 6) is -0.240. The van der Waals surface area contributed by atoms with Gasteiger partial charge in [-0.15, -0.1) is 0 Å². The van der Waals surface area contributed by atoms with E-state index < -0.39 is 0 Å². The number of rotatable bonds is 13. The molecule has 0 aromatic heterocycles. The van der Waals surface area contributed by atoms with Crippen LogP contribution in [0.4, 0.5) is 0 Å². The van der Waals surface area contributed by atoms with Gasteiger partial charge in [-0.2, -0.15) is 0 Å². The minimum Gasteiger partial charge on any atom is -0.435 e. The lowest BCUT2D eigenvalue weighted by Crippen LogP contribution is -2.24. The van der Waals surface area contributed by atoms with Gasteiger partial charge >= 0.3 is 5.97 Å². The molecule has 0 fully saturated rings. The standard InChI is InChI=1S/C26H35NO2/c1-3-4-13-26(22-29-23(2)28)18-11-12-19-27(20-24-14-7-5-8-15-24)21-25-16-9-6-10-17-25/h5-10,14-17,22H,3-4,11-13,18-21H2,1-2H3/b26-22-. The largest absolute Gasteiger partial charge is 0.435 e. The maximum atomic E-state index is 11.1. The molecule has 0 aliphatic carbocycles. The Hall–Kier alpha value is -2.39. The van der Waals surface area contributed by atoms with Crippen molar-refractivity contribution in [1.29, 1.82) is 0 Å². The second kappa shape index (κ2) is 13.7. The molecule has 0 radical (unpaired) electrons. The molecule has 2 aromatic rings. The van der Waals surface area contributed by atoms with Crippen molar-refractivity contribution in [3.8, 4) is 0 Å². The highest BCUT2D eigenvalue weighted by atomic mass is 16.5. The second-order valence-electron chi connectivity index (χ2n) is 7.63. The van der Waals surface area contributed by atoms with Crippen molar-refractivity contribution in [1.82, 2.24) is 4.90 Å². The molecule has 3 nitrogen and oxygen atoms in total. The molecule has 0 bridgehead atoms. The highest BCUT2D eigenvalue weighted by Gasteiger charge is 2.08. The van der Waals surface area contributed by atoms with E-state index in [0.717, 1.165) is 58.2 Å². The van der Waals surface area contributed by atoms with Crippen LogP contribution in [0.2, 0.25) is 0 Å². The number of ether oxygens (including phenoxy) is 1. The van der Waals surface area contributed by atoms with Gasteiger partial charge in [-0.25, -0.2) is 0 Å². The maximum Gasteiger partial charge on any atom is 0.307 e. The van der Waals surface area contributed by atoms with Crippen LogP contribution in [0.5, 0.6) is 0 Å². The van der Waals surface area contributed by atoms with Gasteiger partial charge in [0.05, 0.1) is 6.26 Å². The molecule has 156 valence electrons. The lowest BCUT2D eigenvalue weighted by Gasteiger charge is -2.23. The lowest BCUT2D eigenvalue weighted by molar-refractivity contribution is -0.135. The molecule has 0 saturated heterocycles. The van der Waals surface area contributed by atoms with E-state index in [2.05, 4.69) is 72.5 Å². The Bertz CT molecular complexity index is 683. The third kappa shape index (κ3) is 10.1. The molecule has 0 N–H and O–H groups in total. The monoisotopic (exact) mass is 393 g/mol. The summed E-state index contributed by atoms with van der Waals surface area (Å²) in [6, 6.07) is 21.4. The van der Waals surface area contributed by atoms with Crippen molar-refractivity contribution in [2.24, 2.45) is 0 Å². The van der Waals surface area contributed by atoms with Crippen LogP contribution in [0.15, 0.2) is 72.5 Å². The fourth-order valence-electron chi connectivity index (χ4n) is 3.40. The summed E-state index contributed by atoms with van der Waals surface area (Å²) in [7, 11) is 0. The highest BCUT2D eigenvalue weighted by molar-refractivity contribution is 5.66. The van der Waals surface area contributed by atoms with Crippen LogP contribution < -0.4 is 0 Å². The molecule has 0 saturated carbocycles. The number of carbonyl (C=O) groups is 1. The molecule has 0 heterocycles. The van der Waals surface area contributed by atoms with Crippen LogP contribution in [-0.2, 0) is 22.6 Å². The quantitative estimate of drug-likeness (QED) is 0.221.